The van der Waals surface area contributed by atoms with E-state index in [2.05, 4.69) is 56.3 Å². The molecule has 2 fully saturated rings. The Bertz CT molecular complexity index is 875. The molecule has 0 bridgehead atoms. The van der Waals surface area contributed by atoms with Crippen molar-refractivity contribution >= 4 is 0 Å². The molecule has 0 aromatic heterocycles. The lowest BCUT2D eigenvalue weighted by Crippen LogP contribution is -2.47. The van der Waals surface area contributed by atoms with Crippen molar-refractivity contribution in [3.8, 4) is 5.75 Å². The van der Waals surface area contributed by atoms with Gasteiger partial charge in [0.2, 0.25) is 0 Å². The second-order valence-electron chi connectivity index (χ2n) is 10.3. The summed E-state index contributed by atoms with van der Waals surface area (Å²) < 4.78 is 6.16. The molecule has 2 saturated carbocycles. The van der Waals surface area contributed by atoms with Crippen molar-refractivity contribution in [2.75, 3.05) is 0 Å². The van der Waals surface area contributed by atoms with E-state index in [0.717, 1.165) is 24.0 Å². The molecule has 2 nitrogen and oxygen atoms in total. The van der Waals surface area contributed by atoms with Gasteiger partial charge in [0, 0.05) is 0 Å². The van der Waals surface area contributed by atoms with Gasteiger partial charge in [0.15, 0.2) is 0 Å². The molecular weight excluding hydrogens is 368 g/mol. The second kappa shape index (κ2) is 8.04. The van der Waals surface area contributed by atoms with Crippen molar-refractivity contribution in [3.05, 3.63) is 65.2 Å². The molecule has 0 spiro atoms. The summed E-state index contributed by atoms with van der Waals surface area (Å²) in [6.07, 6.45) is 8.25. The molecule has 6 atom stereocenters. The molecule has 2 heteroatoms. The van der Waals surface area contributed by atoms with Gasteiger partial charge < -0.3 is 9.84 Å². The molecule has 3 aliphatic carbocycles. The van der Waals surface area contributed by atoms with Gasteiger partial charge in [0.25, 0.3) is 0 Å². The number of benzene rings is 2. The molecule has 2 aromatic rings. The molecule has 0 amide bonds. The zero-order chi connectivity index (χ0) is 20.7. The number of hydrogen-bond acceptors (Lipinski definition) is 2. The fourth-order valence-corrected chi connectivity index (χ4v) is 7.22. The minimum absolute atomic E-state index is 0.0964. The van der Waals surface area contributed by atoms with Crippen molar-refractivity contribution in [1.29, 1.82) is 0 Å². The van der Waals surface area contributed by atoms with Crippen LogP contribution in [0.2, 0.25) is 0 Å². The zero-order valence-electron chi connectivity index (χ0n) is 18.5. The Labute approximate surface area is 181 Å². The van der Waals surface area contributed by atoms with Crippen LogP contribution in [0.3, 0.4) is 0 Å². The highest BCUT2D eigenvalue weighted by Crippen LogP contribution is 2.62. The first-order chi connectivity index (χ1) is 14.6. The second-order valence-corrected chi connectivity index (χ2v) is 10.3. The van der Waals surface area contributed by atoms with Crippen molar-refractivity contribution < 1.29 is 9.84 Å². The van der Waals surface area contributed by atoms with Crippen molar-refractivity contribution in [1.82, 2.24) is 0 Å². The summed E-state index contributed by atoms with van der Waals surface area (Å²) >= 11 is 0. The molecule has 0 radical (unpaired) electrons. The molecule has 1 N–H and O–H groups in total. The van der Waals surface area contributed by atoms with Gasteiger partial charge in [0.1, 0.15) is 12.4 Å². The Hall–Kier alpha value is -1.80. The molecule has 160 valence electrons. The first kappa shape index (κ1) is 20.1. The zero-order valence-corrected chi connectivity index (χ0v) is 18.5. The van der Waals surface area contributed by atoms with E-state index in [1.54, 1.807) is 5.56 Å². The van der Waals surface area contributed by atoms with E-state index in [0.29, 0.717) is 18.4 Å². The van der Waals surface area contributed by atoms with Gasteiger partial charge in [-0.15, -0.1) is 0 Å². The van der Waals surface area contributed by atoms with Gasteiger partial charge in [-0.3, -0.25) is 0 Å². The Morgan fingerprint density at radius 3 is 2.70 bits per heavy atom. The summed E-state index contributed by atoms with van der Waals surface area (Å²) in [4.78, 5) is 0. The van der Waals surface area contributed by atoms with Crippen LogP contribution in [0.15, 0.2) is 48.5 Å². The standard InChI is InChI=1S/C28H36O2/c1-3-7-20-16-21-17-22(30-18-19-8-5-4-6-9-19)10-11-23(21)24-14-15-28(2)25(27(20)24)12-13-26(28)29/h4-6,8-11,17,20,24-27,29H,3,7,12-16,18H2,1-2H3/t20-,24?,25?,26+,27?,28+/m1/s1. The molecule has 3 unspecified atom stereocenters. The largest absolute Gasteiger partial charge is 0.489 e. The van der Waals surface area contributed by atoms with Gasteiger partial charge >= 0.3 is 0 Å². The molecule has 5 rings (SSSR count). The van der Waals surface area contributed by atoms with Crippen LogP contribution in [-0.2, 0) is 13.0 Å². The summed E-state index contributed by atoms with van der Waals surface area (Å²) in [6, 6.07) is 17.3. The summed E-state index contributed by atoms with van der Waals surface area (Å²) in [5.41, 5.74) is 4.44. The predicted molar refractivity (Wildman–Crippen MR) is 122 cm³/mol. The Morgan fingerprint density at radius 1 is 1.07 bits per heavy atom. The Morgan fingerprint density at radius 2 is 1.90 bits per heavy atom. The van der Waals surface area contributed by atoms with Gasteiger partial charge in [-0.2, -0.15) is 0 Å². The van der Waals surface area contributed by atoms with Crippen LogP contribution >= 0.6 is 0 Å². The van der Waals surface area contributed by atoms with E-state index in [4.69, 9.17) is 4.74 Å². The van der Waals surface area contributed by atoms with Gasteiger partial charge in [-0.25, -0.2) is 0 Å². The number of aliphatic hydroxyl groups is 1. The first-order valence-electron chi connectivity index (χ1n) is 12.1. The lowest BCUT2D eigenvalue weighted by molar-refractivity contribution is -0.0394. The van der Waals surface area contributed by atoms with Gasteiger partial charge in [-0.1, -0.05) is 63.1 Å². The van der Waals surface area contributed by atoms with E-state index in [-0.39, 0.29) is 11.5 Å². The van der Waals surface area contributed by atoms with E-state index in [1.165, 1.54) is 49.7 Å². The predicted octanol–water partition coefficient (Wildman–Crippen LogP) is 6.51. The molecule has 0 aliphatic heterocycles. The fourth-order valence-electron chi connectivity index (χ4n) is 7.22. The number of aliphatic hydroxyl groups excluding tert-OH is 1. The third-order valence-corrected chi connectivity index (χ3v) is 8.73. The molecular formula is C28H36O2. The Balaban J connectivity index is 1.41. The van der Waals surface area contributed by atoms with Crippen LogP contribution in [0.25, 0.3) is 0 Å². The van der Waals surface area contributed by atoms with Gasteiger partial charge in [-0.05, 0) is 90.0 Å². The van der Waals surface area contributed by atoms with E-state index in [9.17, 15) is 5.11 Å². The number of hydrogen-bond donors (Lipinski definition) is 1. The van der Waals surface area contributed by atoms with Gasteiger partial charge in [0.05, 0.1) is 6.10 Å². The summed E-state index contributed by atoms with van der Waals surface area (Å²) in [5, 5.41) is 10.8. The fraction of sp³-hybridized carbons (Fsp3) is 0.571. The normalized spacial score (nSPS) is 34.7. The van der Waals surface area contributed by atoms with E-state index >= 15 is 0 Å². The first-order valence-corrected chi connectivity index (χ1v) is 12.1. The van der Waals surface area contributed by atoms with Crippen molar-refractivity contribution in [2.24, 2.45) is 23.2 Å². The monoisotopic (exact) mass is 404 g/mol. The highest BCUT2D eigenvalue weighted by molar-refractivity contribution is 5.41. The van der Waals surface area contributed by atoms with E-state index in [1.807, 2.05) is 6.07 Å². The van der Waals surface area contributed by atoms with Crippen LogP contribution in [-0.4, -0.2) is 11.2 Å². The average Bonchev–Trinajstić information content (AvgIpc) is 3.07. The SMILES string of the molecule is CCC[C@@H]1Cc2cc(OCc3ccccc3)ccc2C2CC[C@@]3(C)C(CC[C@@H]3O)C21. The molecule has 2 aromatic carbocycles. The van der Waals surface area contributed by atoms with E-state index < -0.39 is 0 Å². The van der Waals surface area contributed by atoms with Crippen LogP contribution in [0.4, 0.5) is 0 Å². The highest BCUT2D eigenvalue weighted by Gasteiger charge is 2.56. The maximum Gasteiger partial charge on any atom is 0.120 e. The molecule has 0 heterocycles. The van der Waals surface area contributed by atoms with Crippen LogP contribution in [0.1, 0.15) is 75.0 Å². The maximum absolute atomic E-state index is 10.8. The third-order valence-electron chi connectivity index (χ3n) is 8.73. The third kappa shape index (κ3) is 3.38. The molecule has 0 saturated heterocycles. The van der Waals surface area contributed by atoms with Crippen LogP contribution < -0.4 is 4.74 Å². The van der Waals surface area contributed by atoms with Crippen molar-refractivity contribution in [3.63, 3.8) is 0 Å². The quantitative estimate of drug-likeness (QED) is 0.615. The molecule has 30 heavy (non-hydrogen) atoms. The minimum atomic E-state index is -0.0964. The maximum atomic E-state index is 10.8. The number of fused-ring (bicyclic) bond motifs is 5. The van der Waals surface area contributed by atoms with Crippen molar-refractivity contribution in [2.45, 2.75) is 77.4 Å². The number of rotatable bonds is 5. The average molecular weight is 405 g/mol. The molecule has 3 aliphatic rings. The smallest absolute Gasteiger partial charge is 0.120 e. The summed E-state index contributed by atoms with van der Waals surface area (Å²) in [7, 11) is 0. The lowest BCUT2D eigenvalue weighted by Gasteiger charge is -2.53. The summed E-state index contributed by atoms with van der Waals surface area (Å²) in [6.45, 7) is 5.34. The number of ether oxygens (including phenoxy) is 1. The Kier molecular flexibility index (Phi) is 5.39. The topological polar surface area (TPSA) is 29.5 Å². The van der Waals surface area contributed by atoms with Crippen LogP contribution in [0.5, 0.6) is 5.75 Å². The minimum Gasteiger partial charge on any atom is -0.489 e. The summed E-state index contributed by atoms with van der Waals surface area (Å²) in [5.74, 6) is 3.83. The highest BCUT2D eigenvalue weighted by atomic mass is 16.5. The van der Waals surface area contributed by atoms with Crippen LogP contribution in [0, 0.1) is 23.2 Å². The lowest BCUT2D eigenvalue weighted by atomic mass is 9.52.